The number of imide groups is 2. The molecule has 0 unspecified atom stereocenters. The molecule has 7 nitrogen and oxygen atoms in total. The van der Waals surface area contributed by atoms with Crippen LogP contribution >= 0.6 is 15.9 Å². The summed E-state index contributed by atoms with van der Waals surface area (Å²) in [5.41, 5.74) is 3.39. The molecule has 2 aromatic heterocycles. The molecule has 0 saturated carbocycles. The Balaban J connectivity index is 1.71. The predicted molar refractivity (Wildman–Crippen MR) is 114 cm³/mol. The van der Waals surface area contributed by atoms with E-state index < -0.39 is 17.8 Å². The van der Waals surface area contributed by atoms with Crippen molar-refractivity contribution in [2.45, 2.75) is 20.4 Å². The number of hydrogen-bond donors (Lipinski definition) is 1. The van der Waals surface area contributed by atoms with Crippen molar-refractivity contribution < 1.29 is 18.8 Å². The van der Waals surface area contributed by atoms with Crippen molar-refractivity contribution >= 4 is 39.9 Å². The van der Waals surface area contributed by atoms with Gasteiger partial charge in [-0.1, -0.05) is 22.0 Å². The van der Waals surface area contributed by atoms with Crippen molar-refractivity contribution in [2.75, 3.05) is 0 Å². The van der Waals surface area contributed by atoms with Crippen LogP contribution in [0.25, 0.3) is 11.8 Å². The molecule has 0 aliphatic carbocycles. The Morgan fingerprint density at radius 2 is 1.90 bits per heavy atom. The van der Waals surface area contributed by atoms with Crippen LogP contribution in [-0.4, -0.2) is 27.3 Å². The zero-order valence-electron chi connectivity index (χ0n) is 16.3. The van der Waals surface area contributed by atoms with Crippen LogP contribution in [0.3, 0.4) is 0 Å². The molecule has 3 aromatic rings. The number of amides is 4. The SMILES string of the molecule is Cc1cc(C=C2C(=O)NC(=O)N(Cc3ccco3)C2=O)c(C)n1-c1cccc(Br)c1. The number of aryl methyl sites for hydroxylation is 1. The molecule has 8 heteroatoms. The summed E-state index contributed by atoms with van der Waals surface area (Å²) in [7, 11) is 0. The van der Waals surface area contributed by atoms with E-state index in [0.717, 1.165) is 32.0 Å². The molecule has 3 heterocycles. The average molecular weight is 468 g/mol. The first-order valence-corrected chi connectivity index (χ1v) is 10.0. The van der Waals surface area contributed by atoms with Gasteiger partial charge in [-0.3, -0.25) is 19.8 Å². The molecule has 1 saturated heterocycles. The van der Waals surface area contributed by atoms with Gasteiger partial charge in [-0.2, -0.15) is 0 Å². The molecular weight excluding hydrogens is 450 g/mol. The largest absolute Gasteiger partial charge is 0.467 e. The molecular formula is C22H18BrN3O4. The first kappa shape index (κ1) is 19.9. The van der Waals surface area contributed by atoms with Gasteiger partial charge in [0.25, 0.3) is 11.8 Å². The lowest BCUT2D eigenvalue weighted by molar-refractivity contribution is -0.130. The van der Waals surface area contributed by atoms with E-state index >= 15 is 0 Å². The zero-order chi connectivity index (χ0) is 21.4. The van der Waals surface area contributed by atoms with Crippen molar-refractivity contribution in [3.8, 4) is 5.69 Å². The van der Waals surface area contributed by atoms with E-state index in [-0.39, 0.29) is 12.1 Å². The molecule has 4 rings (SSSR count). The molecule has 1 aliphatic rings. The fourth-order valence-electron chi connectivity index (χ4n) is 3.50. The summed E-state index contributed by atoms with van der Waals surface area (Å²) < 4.78 is 8.21. The van der Waals surface area contributed by atoms with E-state index in [1.54, 1.807) is 12.1 Å². The maximum atomic E-state index is 12.9. The standard InChI is InChI=1S/C22H18BrN3O4/c1-13-9-15(14(2)26(13)17-6-3-5-16(23)11-17)10-19-20(27)24-22(29)25(21(19)28)12-18-7-4-8-30-18/h3-11H,12H2,1-2H3,(H,24,27,29). The fourth-order valence-corrected chi connectivity index (χ4v) is 3.88. The molecule has 4 amide bonds. The summed E-state index contributed by atoms with van der Waals surface area (Å²) in [6, 6.07) is 12.3. The highest BCUT2D eigenvalue weighted by atomic mass is 79.9. The average Bonchev–Trinajstić information content (AvgIpc) is 3.30. The number of carbonyl (C=O) groups is 3. The van der Waals surface area contributed by atoms with Crippen molar-refractivity contribution in [3.05, 3.63) is 81.5 Å². The van der Waals surface area contributed by atoms with Crippen molar-refractivity contribution in [1.82, 2.24) is 14.8 Å². The molecule has 0 radical (unpaired) electrons. The number of urea groups is 1. The Morgan fingerprint density at radius 1 is 1.10 bits per heavy atom. The van der Waals surface area contributed by atoms with Crippen LogP contribution in [0.15, 0.2) is 63.2 Å². The molecule has 0 bridgehead atoms. The second kappa shape index (κ2) is 7.79. The summed E-state index contributed by atoms with van der Waals surface area (Å²) in [6.45, 7) is 3.81. The third-order valence-electron chi connectivity index (χ3n) is 4.92. The van der Waals surface area contributed by atoms with E-state index in [4.69, 9.17) is 4.42 Å². The lowest BCUT2D eigenvalue weighted by atomic mass is 10.1. The summed E-state index contributed by atoms with van der Waals surface area (Å²) in [5, 5.41) is 2.23. The third kappa shape index (κ3) is 3.61. The molecule has 1 aliphatic heterocycles. The molecule has 0 spiro atoms. The number of rotatable bonds is 4. The van der Waals surface area contributed by atoms with Crippen molar-refractivity contribution in [2.24, 2.45) is 0 Å². The van der Waals surface area contributed by atoms with Crippen LogP contribution < -0.4 is 5.32 Å². The van der Waals surface area contributed by atoms with Gasteiger partial charge in [-0.05, 0) is 61.9 Å². The van der Waals surface area contributed by atoms with Crippen LogP contribution in [0.2, 0.25) is 0 Å². The van der Waals surface area contributed by atoms with E-state index in [1.165, 1.54) is 12.3 Å². The first-order valence-electron chi connectivity index (χ1n) is 9.21. The van der Waals surface area contributed by atoms with Crippen molar-refractivity contribution in [1.29, 1.82) is 0 Å². The van der Waals surface area contributed by atoms with E-state index in [1.807, 2.05) is 48.7 Å². The molecule has 1 fully saturated rings. The minimum absolute atomic E-state index is 0.0562. The van der Waals surface area contributed by atoms with Gasteiger partial charge in [0, 0.05) is 21.5 Å². The van der Waals surface area contributed by atoms with Crippen molar-refractivity contribution in [3.63, 3.8) is 0 Å². The van der Waals surface area contributed by atoms with Crippen LogP contribution in [0, 0.1) is 13.8 Å². The topological polar surface area (TPSA) is 84.6 Å². The molecule has 152 valence electrons. The molecule has 0 atom stereocenters. The van der Waals surface area contributed by atoms with Gasteiger partial charge in [0.1, 0.15) is 11.3 Å². The number of benzene rings is 1. The highest BCUT2D eigenvalue weighted by Crippen LogP contribution is 2.26. The number of carbonyl (C=O) groups excluding carboxylic acids is 3. The number of aromatic nitrogens is 1. The van der Waals surface area contributed by atoms with Crippen LogP contribution in [0.1, 0.15) is 22.7 Å². The minimum atomic E-state index is -0.766. The Morgan fingerprint density at radius 3 is 2.60 bits per heavy atom. The number of nitrogens with one attached hydrogen (secondary N) is 1. The van der Waals surface area contributed by atoms with Gasteiger partial charge in [0.15, 0.2) is 0 Å². The van der Waals surface area contributed by atoms with E-state index in [0.29, 0.717) is 5.76 Å². The second-order valence-electron chi connectivity index (χ2n) is 6.93. The number of halogens is 1. The van der Waals surface area contributed by atoms with Gasteiger partial charge in [0.2, 0.25) is 0 Å². The highest BCUT2D eigenvalue weighted by molar-refractivity contribution is 9.10. The normalized spacial score (nSPS) is 15.8. The summed E-state index contributed by atoms with van der Waals surface area (Å²) in [6.07, 6.45) is 2.98. The van der Waals surface area contributed by atoms with Gasteiger partial charge >= 0.3 is 6.03 Å². The van der Waals surface area contributed by atoms with Crippen LogP contribution in [-0.2, 0) is 16.1 Å². The molecule has 30 heavy (non-hydrogen) atoms. The summed E-state index contributed by atoms with van der Waals surface area (Å²) >= 11 is 3.48. The second-order valence-corrected chi connectivity index (χ2v) is 7.85. The Labute approximate surface area is 181 Å². The van der Waals surface area contributed by atoms with Gasteiger partial charge in [-0.15, -0.1) is 0 Å². The Bertz CT molecular complexity index is 1190. The Hall–Kier alpha value is -3.39. The van der Waals surface area contributed by atoms with Gasteiger partial charge in [-0.25, -0.2) is 4.79 Å². The number of hydrogen-bond acceptors (Lipinski definition) is 4. The monoisotopic (exact) mass is 467 g/mol. The van der Waals surface area contributed by atoms with Crippen LogP contribution in [0.5, 0.6) is 0 Å². The third-order valence-corrected chi connectivity index (χ3v) is 5.41. The maximum absolute atomic E-state index is 12.9. The smallest absolute Gasteiger partial charge is 0.331 e. The van der Waals surface area contributed by atoms with Gasteiger partial charge < -0.3 is 8.98 Å². The zero-order valence-corrected chi connectivity index (χ0v) is 17.9. The Kier molecular flexibility index (Phi) is 5.17. The van der Waals surface area contributed by atoms with Crippen LogP contribution in [0.4, 0.5) is 4.79 Å². The number of nitrogens with zero attached hydrogens (tertiary/aromatic N) is 2. The lowest BCUT2D eigenvalue weighted by Gasteiger charge is -2.25. The van der Waals surface area contributed by atoms with E-state index in [2.05, 4.69) is 21.2 Å². The maximum Gasteiger partial charge on any atom is 0.331 e. The first-order chi connectivity index (χ1) is 14.3. The highest BCUT2D eigenvalue weighted by Gasteiger charge is 2.36. The summed E-state index contributed by atoms with van der Waals surface area (Å²) in [5.74, 6) is -0.930. The fraction of sp³-hybridized carbons (Fsp3) is 0.136. The van der Waals surface area contributed by atoms with E-state index in [9.17, 15) is 14.4 Å². The number of furan rings is 1. The van der Waals surface area contributed by atoms with Gasteiger partial charge in [0.05, 0.1) is 12.8 Å². The number of barbiturate groups is 1. The summed E-state index contributed by atoms with van der Waals surface area (Å²) in [4.78, 5) is 38.5. The quantitative estimate of drug-likeness (QED) is 0.462. The lowest BCUT2D eigenvalue weighted by Crippen LogP contribution is -2.53. The predicted octanol–water partition coefficient (Wildman–Crippen LogP) is 4.11. The molecule has 1 N–H and O–H groups in total. The molecule has 1 aromatic carbocycles. The minimum Gasteiger partial charge on any atom is -0.467 e.